The van der Waals surface area contributed by atoms with Crippen molar-refractivity contribution in [1.82, 2.24) is 0 Å². The Balaban J connectivity index is -0.0000000537. The first-order chi connectivity index (χ1) is 9.31. The van der Waals surface area contributed by atoms with E-state index in [2.05, 4.69) is 52.3 Å². The van der Waals surface area contributed by atoms with E-state index in [1.807, 2.05) is 13.3 Å². The van der Waals surface area contributed by atoms with Crippen LogP contribution in [0.4, 0.5) is 0 Å². The summed E-state index contributed by atoms with van der Waals surface area (Å²) in [6.45, 7) is 28.0. The van der Waals surface area contributed by atoms with Crippen molar-refractivity contribution in [2.45, 2.75) is 39.6 Å². The van der Waals surface area contributed by atoms with Crippen molar-refractivity contribution in [3.63, 3.8) is 0 Å². The van der Waals surface area contributed by atoms with Gasteiger partial charge in [-0.15, -0.1) is 0 Å². The molecule has 118 valence electrons. The summed E-state index contributed by atoms with van der Waals surface area (Å²) in [4.78, 5) is 10.5. The van der Waals surface area contributed by atoms with Crippen LogP contribution in [0.5, 0.6) is 0 Å². The molecule has 0 saturated heterocycles. The van der Waals surface area contributed by atoms with E-state index in [-0.39, 0.29) is 29.1 Å². The molecule has 1 atom stereocenters. The molecular formula is C13H18FeO6Si. The van der Waals surface area contributed by atoms with Gasteiger partial charge in [0.2, 0.25) is 0 Å². The molecule has 0 aromatic heterocycles. The van der Waals surface area contributed by atoms with Crippen LogP contribution in [-0.4, -0.2) is 20.1 Å². The summed E-state index contributed by atoms with van der Waals surface area (Å²) in [5.41, 5.74) is 0. The topological polar surface area (TPSA) is 106 Å². The van der Waals surface area contributed by atoms with E-state index in [9.17, 15) is 4.79 Å². The molecule has 0 saturated carbocycles. The Bertz CT molecular complexity index is 267. The van der Waals surface area contributed by atoms with Gasteiger partial charge in [0.15, 0.2) is 0 Å². The van der Waals surface area contributed by atoms with Crippen molar-refractivity contribution in [1.29, 1.82) is 0 Å². The van der Waals surface area contributed by atoms with Crippen LogP contribution in [0.2, 0.25) is 19.6 Å². The van der Waals surface area contributed by atoms with Gasteiger partial charge in [-0.2, -0.15) is 0 Å². The van der Waals surface area contributed by atoms with Gasteiger partial charge in [0.1, 0.15) is 6.10 Å². The van der Waals surface area contributed by atoms with Crippen LogP contribution in [0.25, 0.3) is 0 Å². The fourth-order valence-electron chi connectivity index (χ4n) is 0.725. The fourth-order valence-corrected chi connectivity index (χ4v) is 1.57. The molecule has 0 bridgehead atoms. The molecule has 0 amide bonds. The zero-order valence-electron chi connectivity index (χ0n) is 12.5. The van der Waals surface area contributed by atoms with E-state index in [0.29, 0.717) is 0 Å². The second-order valence-electron chi connectivity index (χ2n) is 4.04. The van der Waals surface area contributed by atoms with Gasteiger partial charge in [0.05, 0.1) is 0 Å². The predicted molar refractivity (Wildman–Crippen MR) is 68.9 cm³/mol. The van der Waals surface area contributed by atoms with E-state index in [1.54, 1.807) is 0 Å². The molecule has 0 aliphatic carbocycles. The number of rotatable bonds is 4. The molecule has 6 nitrogen and oxygen atoms in total. The first kappa shape index (κ1) is 36.9. The van der Waals surface area contributed by atoms with Crippen molar-refractivity contribution in [2.24, 2.45) is 0 Å². The van der Waals surface area contributed by atoms with Gasteiger partial charge >= 0.3 is 51.2 Å². The number of esters is 1. The molecule has 0 rings (SSSR count). The molecule has 0 aliphatic rings. The summed E-state index contributed by atoms with van der Waals surface area (Å²) < 4.78 is 34.9. The first-order valence-corrected chi connectivity index (χ1v) is 8.57. The third-order valence-corrected chi connectivity index (χ3v) is 2.41. The Morgan fingerprint density at radius 1 is 1.00 bits per heavy atom. The molecule has 0 N–H and O–H groups in total. The van der Waals surface area contributed by atoms with Gasteiger partial charge in [-0.3, -0.25) is 4.79 Å². The number of carbonyl (C=O) groups excluding carboxylic acids is 1. The molecule has 0 spiro atoms. The third kappa shape index (κ3) is 67.2. The van der Waals surface area contributed by atoms with Crippen molar-refractivity contribution >= 4 is 14.0 Å². The first-order valence-electron chi connectivity index (χ1n) is 4.99. The molecule has 8 heteroatoms. The minimum atomic E-state index is -1.14. The van der Waals surface area contributed by atoms with Crippen molar-refractivity contribution in [2.75, 3.05) is 0 Å². The van der Waals surface area contributed by atoms with E-state index < -0.39 is 8.07 Å². The summed E-state index contributed by atoms with van der Waals surface area (Å²) in [5, 5.41) is 0. The largest absolute Gasteiger partial charge is 0 e. The van der Waals surface area contributed by atoms with Crippen LogP contribution in [0.3, 0.4) is 0 Å². The van der Waals surface area contributed by atoms with Crippen LogP contribution in [-0.2, 0) is 45.2 Å². The standard InChI is InChI=1S/C9H18O2Si.4CO.Fe/c1-8(11-9(2)10)6-7-12(3,4)5;4*1-2;/h6-8H,1-5H3;;;;;. The minimum Gasteiger partial charge on any atom is 0 e. The van der Waals surface area contributed by atoms with Crippen molar-refractivity contribution < 1.29 is 45.2 Å². The minimum absolute atomic E-state index is 0. The summed E-state index contributed by atoms with van der Waals surface area (Å²) >= 11 is 0. The third-order valence-electron chi connectivity index (χ3n) is 1.22. The molecule has 2 radical (unpaired) electrons. The van der Waals surface area contributed by atoms with Crippen molar-refractivity contribution in [3.8, 4) is 0 Å². The Morgan fingerprint density at radius 2 is 1.29 bits per heavy atom. The molecule has 0 fully saturated rings. The van der Waals surface area contributed by atoms with Crippen LogP contribution < -0.4 is 0 Å². The normalized spacial score (nSPS) is 8.43. The molecule has 0 aromatic carbocycles. The maximum atomic E-state index is 10.5. The van der Waals surface area contributed by atoms with E-state index in [1.165, 1.54) is 6.92 Å². The Kier molecular flexibility index (Phi) is 55.4. The van der Waals surface area contributed by atoms with E-state index in [0.717, 1.165) is 0 Å². The van der Waals surface area contributed by atoms with Crippen LogP contribution in [0, 0.1) is 39.1 Å². The van der Waals surface area contributed by atoms with E-state index >= 15 is 0 Å². The van der Waals surface area contributed by atoms with Gasteiger partial charge in [0, 0.05) is 38.5 Å². The molecule has 21 heavy (non-hydrogen) atoms. The average molecular weight is 354 g/mol. The summed E-state index contributed by atoms with van der Waals surface area (Å²) in [6.07, 6.45) is 1.88. The number of hydrogen-bond acceptors (Lipinski definition) is 2. The molecule has 0 aromatic rings. The molecular weight excluding hydrogens is 336 g/mol. The molecule has 0 heterocycles. The Labute approximate surface area is 138 Å². The van der Waals surface area contributed by atoms with Gasteiger partial charge in [-0.05, 0) is 13.0 Å². The van der Waals surface area contributed by atoms with Gasteiger partial charge < -0.3 is 4.74 Å². The average Bonchev–Trinajstić information content (AvgIpc) is 2.44. The molecule has 0 aliphatic heterocycles. The van der Waals surface area contributed by atoms with Crippen LogP contribution >= 0.6 is 0 Å². The zero-order valence-corrected chi connectivity index (χ0v) is 14.6. The maximum absolute atomic E-state index is 10.5. The van der Waals surface area contributed by atoms with Crippen LogP contribution in [0.1, 0.15) is 13.8 Å². The second-order valence-corrected chi connectivity index (χ2v) is 9.11. The Hall–Kier alpha value is -0.834. The van der Waals surface area contributed by atoms with E-state index in [4.69, 9.17) is 23.3 Å². The second kappa shape index (κ2) is 31.5. The number of hydrogen-bond donors (Lipinski definition) is 0. The quantitative estimate of drug-likeness (QED) is 0.334. The van der Waals surface area contributed by atoms with Gasteiger partial charge in [0.25, 0.3) is 0 Å². The smallest absolute Gasteiger partial charge is 0 e. The summed E-state index contributed by atoms with van der Waals surface area (Å²) in [7, 11) is -1.14. The Morgan fingerprint density at radius 3 is 1.48 bits per heavy atom. The summed E-state index contributed by atoms with van der Waals surface area (Å²) in [6, 6.07) is 2.18. The van der Waals surface area contributed by atoms with Gasteiger partial charge in [-0.1, -0.05) is 19.6 Å². The fraction of sp³-hybridized carbons (Fsp3) is 0.462. The number of carbonyl (C=O) groups is 1. The number of ether oxygens (including phenoxy) is 1. The van der Waals surface area contributed by atoms with Crippen molar-refractivity contribution in [3.05, 3.63) is 39.1 Å². The van der Waals surface area contributed by atoms with Crippen LogP contribution in [0.15, 0.2) is 0 Å². The van der Waals surface area contributed by atoms with Gasteiger partial charge in [-0.25, -0.2) is 0 Å². The maximum Gasteiger partial charge on any atom is 0 e. The summed E-state index contributed by atoms with van der Waals surface area (Å²) in [5.74, 6) is -0.220. The SMILES string of the molecule is CC(=O)OC(C)[CH][CH][Si](C)(C)C.[C-]#[O+].[C-]#[O+].[C-]#[O+].[C-]#[O+].[Fe]. The monoisotopic (exact) mass is 354 g/mol. The predicted octanol–water partition coefficient (Wildman–Crippen LogP) is 2.07. The zero-order chi connectivity index (χ0) is 17.8. The molecule has 1 unspecified atom stereocenters.